The first-order valence-electron chi connectivity index (χ1n) is 6.21. The van der Waals surface area contributed by atoms with E-state index in [4.69, 9.17) is 15.2 Å². The lowest BCUT2D eigenvalue weighted by atomic mass is 10.0. The molecule has 1 aromatic carbocycles. The van der Waals surface area contributed by atoms with Gasteiger partial charge in [-0.05, 0) is 26.0 Å². The first-order chi connectivity index (χ1) is 8.90. The van der Waals surface area contributed by atoms with Crippen LogP contribution in [0.1, 0.15) is 20.3 Å². The number of benzene rings is 1. The molecule has 1 aromatic rings. The van der Waals surface area contributed by atoms with E-state index in [0.717, 1.165) is 0 Å². The van der Waals surface area contributed by atoms with Crippen molar-refractivity contribution in [3.63, 3.8) is 0 Å². The minimum absolute atomic E-state index is 0.110. The Morgan fingerprint density at radius 1 is 1.37 bits per heavy atom. The molecule has 0 heterocycles. The molecule has 106 valence electrons. The molecule has 1 amide bonds. The standard InChI is InChI=1S/C14H22N2O3/c1-14(2,15)10-13(17)16-11-5-4-6-12(9-11)19-8-7-18-3/h4-6,9H,7-8,10,15H2,1-3H3,(H,16,17). The lowest BCUT2D eigenvalue weighted by Crippen LogP contribution is -2.36. The number of amides is 1. The molecule has 0 saturated heterocycles. The van der Waals surface area contributed by atoms with E-state index < -0.39 is 5.54 Å². The average molecular weight is 266 g/mol. The highest BCUT2D eigenvalue weighted by atomic mass is 16.5. The van der Waals surface area contributed by atoms with Gasteiger partial charge in [-0.1, -0.05) is 6.07 Å². The van der Waals surface area contributed by atoms with Crippen molar-refractivity contribution in [2.45, 2.75) is 25.8 Å². The molecule has 0 radical (unpaired) electrons. The molecule has 5 heteroatoms. The summed E-state index contributed by atoms with van der Waals surface area (Å²) in [6.45, 7) is 4.63. The van der Waals surface area contributed by atoms with E-state index in [9.17, 15) is 4.79 Å². The highest BCUT2D eigenvalue weighted by Crippen LogP contribution is 2.18. The van der Waals surface area contributed by atoms with Crippen molar-refractivity contribution >= 4 is 11.6 Å². The van der Waals surface area contributed by atoms with Gasteiger partial charge in [0.2, 0.25) is 5.91 Å². The van der Waals surface area contributed by atoms with Crippen LogP contribution in [0.2, 0.25) is 0 Å². The second-order valence-electron chi connectivity index (χ2n) is 5.08. The summed E-state index contributed by atoms with van der Waals surface area (Å²) < 4.78 is 10.4. The van der Waals surface area contributed by atoms with Crippen LogP contribution in [0, 0.1) is 0 Å². The van der Waals surface area contributed by atoms with Gasteiger partial charge in [-0.25, -0.2) is 0 Å². The Balaban J connectivity index is 2.54. The van der Waals surface area contributed by atoms with E-state index in [1.807, 2.05) is 32.0 Å². The Morgan fingerprint density at radius 3 is 2.74 bits per heavy atom. The van der Waals surface area contributed by atoms with E-state index in [-0.39, 0.29) is 12.3 Å². The van der Waals surface area contributed by atoms with Crippen molar-refractivity contribution < 1.29 is 14.3 Å². The number of nitrogens with one attached hydrogen (secondary N) is 1. The van der Waals surface area contributed by atoms with Crippen molar-refractivity contribution in [2.24, 2.45) is 5.73 Å². The van der Waals surface area contributed by atoms with Crippen molar-refractivity contribution in [2.75, 3.05) is 25.6 Å². The third-order valence-electron chi connectivity index (χ3n) is 2.29. The third-order valence-corrected chi connectivity index (χ3v) is 2.29. The Hall–Kier alpha value is -1.59. The zero-order valence-electron chi connectivity index (χ0n) is 11.7. The van der Waals surface area contributed by atoms with Gasteiger partial charge >= 0.3 is 0 Å². The third kappa shape index (κ3) is 6.79. The van der Waals surface area contributed by atoms with Crippen molar-refractivity contribution in [3.05, 3.63) is 24.3 Å². The highest BCUT2D eigenvalue weighted by molar-refractivity contribution is 5.91. The van der Waals surface area contributed by atoms with E-state index in [1.54, 1.807) is 13.2 Å². The second-order valence-corrected chi connectivity index (χ2v) is 5.08. The largest absolute Gasteiger partial charge is 0.491 e. The minimum atomic E-state index is -0.517. The quantitative estimate of drug-likeness (QED) is 0.738. The van der Waals surface area contributed by atoms with E-state index >= 15 is 0 Å². The highest BCUT2D eigenvalue weighted by Gasteiger charge is 2.16. The van der Waals surface area contributed by atoms with Gasteiger partial charge in [0.15, 0.2) is 0 Å². The maximum atomic E-state index is 11.7. The summed E-state index contributed by atoms with van der Waals surface area (Å²) in [6.07, 6.45) is 0.266. The van der Waals surface area contributed by atoms with Crippen LogP contribution in [-0.4, -0.2) is 31.8 Å². The maximum absolute atomic E-state index is 11.7. The van der Waals surface area contributed by atoms with Gasteiger partial charge in [0, 0.05) is 30.8 Å². The number of hydrogen-bond acceptors (Lipinski definition) is 4. The predicted octanol–water partition coefficient (Wildman–Crippen LogP) is 1.78. The van der Waals surface area contributed by atoms with Crippen LogP contribution in [0.15, 0.2) is 24.3 Å². The second kappa shape index (κ2) is 7.11. The van der Waals surface area contributed by atoms with Crippen LogP contribution in [0.5, 0.6) is 5.75 Å². The monoisotopic (exact) mass is 266 g/mol. The van der Waals surface area contributed by atoms with Crippen molar-refractivity contribution in [3.8, 4) is 5.75 Å². The van der Waals surface area contributed by atoms with Gasteiger partial charge in [-0.15, -0.1) is 0 Å². The first-order valence-corrected chi connectivity index (χ1v) is 6.21. The molecule has 0 fully saturated rings. The molecule has 5 nitrogen and oxygen atoms in total. The number of carbonyl (C=O) groups excluding carboxylic acids is 1. The van der Waals surface area contributed by atoms with Crippen LogP contribution < -0.4 is 15.8 Å². The number of hydrogen-bond donors (Lipinski definition) is 2. The Morgan fingerprint density at radius 2 is 2.11 bits per heavy atom. The molecule has 0 bridgehead atoms. The van der Waals surface area contributed by atoms with Gasteiger partial charge in [0.1, 0.15) is 12.4 Å². The molecule has 19 heavy (non-hydrogen) atoms. The summed E-state index contributed by atoms with van der Waals surface area (Å²) in [5, 5.41) is 2.80. The van der Waals surface area contributed by atoms with Gasteiger partial charge in [-0.3, -0.25) is 4.79 Å². The smallest absolute Gasteiger partial charge is 0.226 e. The minimum Gasteiger partial charge on any atom is -0.491 e. The zero-order valence-corrected chi connectivity index (χ0v) is 11.7. The van der Waals surface area contributed by atoms with Crippen LogP contribution in [0.25, 0.3) is 0 Å². The molecule has 3 N–H and O–H groups in total. The summed E-state index contributed by atoms with van der Waals surface area (Å²) in [7, 11) is 1.62. The van der Waals surface area contributed by atoms with Crippen LogP contribution in [-0.2, 0) is 9.53 Å². The van der Waals surface area contributed by atoms with Crippen LogP contribution >= 0.6 is 0 Å². The number of anilines is 1. The molecule has 0 aliphatic carbocycles. The average Bonchev–Trinajstić information content (AvgIpc) is 2.27. The molecule has 0 saturated carbocycles. The molecule has 0 spiro atoms. The SMILES string of the molecule is COCCOc1cccc(NC(=O)CC(C)(C)N)c1. The number of carbonyl (C=O) groups is 1. The lowest BCUT2D eigenvalue weighted by Gasteiger charge is -2.17. The van der Waals surface area contributed by atoms with Gasteiger partial charge in [0.25, 0.3) is 0 Å². The Bertz CT molecular complexity index is 413. The maximum Gasteiger partial charge on any atom is 0.226 e. The Kier molecular flexibility index (Phi) is 5.79. The molecular formula is C14H22N2O3. The lowest BCUT2D eigenvalue weighted by molar-refractivity contribution is -0.117. The molecule has 0 aliphatic heterocycles. The normalized spacial score (nSPS) is 11.2. The molecular weight excluding hydrogens is 244 g/mol. The fourth-order valence-electron chi connectivity index (χ4n) is 1.53. The first kappa shape index (κ1) is 15.5. The van der Waals surface area contributed by atoms with Gasteiger partial charge in [0.05, 0.1) is 6.61 Å². The van der Waals surface area contributed by atoms with E-state index in [0.29, 0.717) is 24.7 Å². The number of methoxy groups -OCH3 is 1. The predicted molar refractivity (Wildman–Crippen MR) is 75.3 cm³/mol. The van der Waals surface area contributed by atoms with Crippen molar-refractivity contribution in [1.82, 2.24) is 0 Å². The molecule has 0 atom stereocenters. The summed E-state index contributed by atoms with van der Waals surface area (Å²) in [5.74, 6) is 0.586. The fourth-order valence-corrected chi connectivity index (χ4v) is 1.53. The topological polar surface area (TPSA) is 73.6 Å². The van der Waals surface area contributed by atoms with Gasteiger partial charge in [-0.2, -0.15) is 0 Å². The summed E-state index contributed by atoms with van der Waals surface area (Å²) >= 11 is 0. The van der Waals surface area contributed by atoms with Crippen LogP contribution in [0.4, 0.5) is 5.69 Å². The summed E-state index contributed by atoms with van der Waals surface area (Å²) in [4.78, 5) is 11.7. The Labute approximate surface area is 114 Å². The van der Waals surface area contributed by atoms with Gasteiger partial charge < -0.3 is 20.5 Å². The molecule has 1 rings (SSSR count). The summed E-state index contributed by atoms with van der Waals surface area (Å²) in [6, 6.07) is 7.24. The molecule has 0 aromatic heterocycles. The summed E-state index contributed by atoms with van der Waals surface area (Å²) in [5.41, 5.74) is 5.98. The number of ether oxygens (including phenoxy) is 2. The number of nitrogens with two attached hydrogens (primary N) is 1. The van der Waals surface area contributed by atoms with E-state index in [2.05, 4.69) is 5.32 Å². The molecule has 0 aliphatic rings. The zero-order chi connectivity index (χ0) is 14.3. The van der Waals surface area contributed by atoms with Crippen molar-refractivity contribution in [1.29, 1.82) is 0 Å². The van der Waals surface area contributed by atoms with E-state index in [1.165, 1.54) is 0 Å². The van der Waals surface area contributed by atoms with Crippen LogP contribution in [0.3, 0.4) is 0 Å². The fraction of sp³-hybridized carbons (Fsp3) is 0.500. The number of rotatable bonds is 7. The molecule has 0 unspecified atom stereocenters.